The average Bonchev–Trinajstić information content (AvgIpc) is 3.08. The Morgan fingerprint density at radius 1 is 1.12 bits per heavy atom. The molecule has 0 atom stereocenters. The van der Waals surface area contributed by atoms with Crippen molar-refractivity contribution < 1.29 is 4.79 Å². The predicted octanol–water partition coefficient (Wildman–Crippen LogP) is 2.75. The molecule has 3 aromatic rings. The molecule has 1 heterocycles. The largest absolute Gasteiger partial charge is 0.345 e. The second kappa shape index (κ2) is 7.65. The van der Waals surface area contributed by atoms with Gasteiger partial charge in [0, 0.05) is 10.5 Å². The normalized spacial score (nSPS) is 10.9. The molecule has 0 saturated carbocycles. The molecule has 0 aliphatic heterocycles. The number of nitrogens with one attached hydrogen (secondary N) is 1. The fraction of sp³-hybridized carbons (Fsp3) is 0.0588. The number of carbonyl (C=O) groups is 1. The number of rotatable bonds is 5. The lowest BCUT2D eigenvalue weighted by molar-refractivity contribution is -0.116. The van der Waals surface area contributed by atoms with Crippen molar-refractivity contribution in [3.8, 4) is 5.69 Å². The van der Waals surface area contributed by atoms with Crippen LogP contribution in [0.2, 0.25) is 0 Å². The highest BCUT2D eigenvalue weighted by Gasteiger charge is 2.08. The molecule has 2 aromatic carbocycles. The molecule has 0 saturated heterocycles. The Morgan fingerprint density at radius 3 is 2.62 bits per heavy atom. The monoisotopic (exact) mass is 383 g/mol. The van der Waals surface area contributed by atoms with Gasteiger partial charge in [-0.25, -0.2) is 0 Å². The van der Waals surface area contributed by atoms with Gasteiger partial charge in [0.05, 0.1) is 12.2 Å². The third kappa shape index (κ3) is 4.14. The van der Waals surface area contributed by atoms with Crippen LogP contribution in [0.25, 0.3) is 11.8 Å². The number of halogens is 1. The maximum atomic E-state index is 11.9. The number of aromatic nitrogens is 4. The third-order valence-electron chi connectivity index (χ3n) is 3.25. The fourth-order valence-corrected chi connectivity index (χ4v) is 2.32. The molecule has 24 heavy (non-hydrogen) atoms. The van der Waals surface area contributed by atoms with E-state index in [1.165, 1.54) is 6.08 Å². The highest BCUT2D eigenvalue weighted by Crippen LogP contribution is 2.13. The molecule has 1 N–H and O–H groups in total. The smallest absolute Gasteiger partial charge is 0.244 e. The van der Waals surface area contributed by atoms with E-state index in [-0.39, 0.29) is 12.5 Å². The summed E-state index contributed by atoms with van der Waals surface area (Å²) in [7, 11) is 0. The van der Waals surface area contributed by atoms with Crippen LogP contribution in [0.15, 0.2) is 65.1 Å². The highest BCUT2D eigenvalue weighted by molar-refractivity contribution is 9.10. The van der Waals surface area contributed by atoms with E-state index in [2.05, 4.69) is 36.8 Å². The molecule has 0 spiro atoms. The molecule has 0 radical (unpaired) electrons. The summed E-state index contributed by atoms with van der Waals surface area (Å²) in [5.41, 5.74) is 1.79. The van der Waals surface area contributed by atoms with Crippen LogP contribution in [0.3, 0.4) is 0 Å². The zero-order valence-corrected chi connectivity index (χ0v) is 14.2. The van der Waals surface area contributed by atoms with E-state index in [4.69, 9.17) is 0 Å². The van der Waals surface area contributed by atoms with Crippen molar-refractivity contribution in [1.29, 1.82) is 0 Å². The second-order valence-corrected chi connectivity index (χ2v) is 5.86. The molecule has 7 heteroatoms. The average molecular weight is 384 g/mol. The number of tetrazole rings is 1. The molecule has 0 aliphatic carbocycles. The first-order valence-corrected chi connectivity index (χ1v) is 8.06. The Morgan fingerprint density at radius 2 is 1.88 bits per heavy atom. The van der Waals surface area contributed by atoms with E-state index in [9.17, 15) is 4.79 Å². The van der Waals surface area contributed by atoms with Crippen molar-refractivity contribution >= 4 is 27.9 Å². The zero-order chi connectivity index (χ0) is 16.8. The van der Waals surface area contributed by atoms with Crippen LogP contribution in [0.4, 0.5) is 0 Å². The Hall–Kier alpha value is -2.80. The van der Waals surface area contributed by atoms with Crippen LogP contribution in [0.5, 0.6) is 0 Å². The topological polar surface area (TPSA) is 72.7 Å². The Bertz CT molecular complexity index is 843. The molecule has 6 nitrogen and oxygen atoms in total. The van der Waals surface area contributed by atoms with E-state index < -0.39 is 0 Å². The summed E-state index contributed by atoms with van der Waals surface area (Å²) >= 11 is 3.39. The molecule has 1 aromatic heterocycles. The number of hydrogen-bond acceptors (Lipinski definition) is 4. The summed E-state index contributed by atoms with van der Waals surface area (Å²) < 4.78 is 2.56. The summed E-state index contributed by atoms with van der Waals surface area (Å²) in [6.45, 7) is 0.237. The molecule has 3 rings (SSSR count). The molecular formula is C17H14BrN5O. The van der Waals surface area contributed by atoms with Crippen LogP contribution in [-0.2, 0) is 11.3 Å². The molecule has 0 bridgehead atoms. The van der Waals surface area contributed by atoms with Gasteiger partial charge >= 0.3 is 0 Å². The lowest BCUT2D eigenvalue weighted by Gasteiger charge is -2.05. The first-order valence-electron chi connectivity index (χ1n) is 7.26. The number of hydrogen-bond donors (Lipinski definition) is 1. The summed E-state index contributed by atoms with van der Waals surface area (Å²) in [6.07, 6.45) is 3.25. The van der Waals surface area contributed by atoms with Crippen molar-refractivity contribution in [2.75, 3.05) is 0 Å². The minimum absolute atomic E-state index is 0.204. The molecule has 0 fully saturated rings. The van der Waals surface area contributed by atoms with Crippen LogP contribution < -0.4 is 5.32 Å². The van der Waals surface area contributed by atoms with E-state index in [0.717, 1.165) is 15.7 Å². The number of nitrogens with zero attached hydrogens (tertiary/aromatic N) is 4. The maximum absolute atomic E-state index is 11.9. The van der Waals surface area contributed by atoms with Gasteiger partial charge in [0.2, 0.25) is 5.91 Å². The summed E-state index contributed by atoms with van der Waals surface area (Å²) in [6, 6.07) is 17.2. The number of carbonyl (C=O) groups excluding carboxylic acids is 1. The zero-order valence-electron chi connectivity index (χ0n) is 12.6. The molecular weight excluding hydrogens is 370 g/mol. The van der Waals surface area contributed by atoms with Crippen molar-refractivity contribution in [1.82, 2.24) is 25.5 Å². The van der Waals surface area contributed by atoms with Gasteiger partial charge in [-0.05, 0) is 46.3 Å². The third-order valence-corrected chi connectivity index (χ3v) is 3.78. The fourth-order valence-electron chi connectivity index (χ4n) is 2.06. The molecule has 0 unspecified atom stereocenters. The maximum Gasteiger partial charge on any atom is 0.244 e. The van der Waals surface area contributed by atoms with E-state index >= 15 is 0 Å². The predicted molar refractivity (Wildman–Crippen MR) is 94.2 cm³/mol. The number of benzene rings is 2. The summed E-state index contributed by atoms with van der Waals surface area (Å²) in [5, 5.41) is 14.4. The first kappa shape index (κ1) is 16.1. The van der Waals surface area contributed by atoms with E-state index in [0.29, 0.717) is 5.82 Å². The minimum Gasteiger partial charge on any atom is -0.345 e. The van der Waals surface area contributed by atoms with E-state index in [1.807, 2.05) is 54.6 Å². The highest BCUT2D eigenvalue weighted by atomic mass is 79.9. The molecule has 1 amide bonds. The van der Waals surface area contributed by atoms with Gasteiger partial charge in [-0.1, -0.05) is 46.3 Å². The van der Waals surface area contributed by atoms with Gasteiger partial charge in [0.25, 0.3) is 0 Å². The number of amides is 1. The van der Waals surface area contributed by atoms with Crippen LogP contribution in [-0.4, -0.2) is 26.1 Å². The van der Waals surface area contributed by atoms with Gasteiger partial charge in [-0.15, -0.1) is 5.10 Å². The van der Waals surface area contributed by atoms with Crippen molar-refractivity contribution in [3.05, 3.63) is 76.5 Å². The molecule has 0 aliphatic rings. The van der Waals surface area contributed by atoms with Crippen molar-refractivity contribution in [3.63, 3.8) is 0 Å². The van der Waals surface area contributed by atoms with Crippen LogP contribution >= 0.6 is 15.9 Å². The summed E-state index contributed by atoms with van der Waals surface area (Å²) in [5.74, 6) is 0.350. The van der Waals surface area contributed by atoms with Gasteiger partial charge in [-0.2, -0.15) is 4.68 Å². The quantitative estimate of drug-likeness (QED) is 0.687. The lowest BCUT2D eigenvalue weighted by Crippen LogP contribution is -2.22. The standard InChI is InChI=1S/C17H14BrN5O/c18-14-7-9-15(10-8-14)23-16(20-21-22-23)12-19-17(24)11-6-13-4-2-1-3-5-13/h1-11H,12H2,(H,19,24)/b11-6+. The van der Waals surface area contributed by atoms with Crippen molar-refractivity contribution in [2.45, 2.75) is 6.54 Å². The Balaban J connectivity index is 1.63. The van der Waals surface area contributed by atoms with Crippen molar-refractivity contribution in [2.24, 2.45) is 0 Å². The molecule has 120 valence electrons. The second-order valence-electron chi connectivity index (χ2n) is 4.95. The lowest BCUT2D eigenvalue weighted by atomic mass is 10.2. The van der Waals surface area contributed by atoms with Gasteiger partial charge in [-0.3, -0.25) is 4.79 Å². The van der Waals surface area contributed by atoms with Gasteiger partial charge < -0.3 is 5.32 Å². The van der Waals surface area contributed by atoms with Crippen LogP contribution in [0, 0.1) is 0 Å². The Kier molecular flexibility index (Phi) is 5.12. The summed E-state index contributed by atoms with van der Waals surface area (Å²) in [4.78, 5) is 11.9. The SMILES string of the molecule is O=C(/C=C/c1ccccc1)NCc1nnnn1-c1ccc(Br)cc1. The van der Waals surface area contributed by atoms with Gasteiger partial charge in [0.15, 0.2) is 5.82 Å². The minimum atomic E-state index is -0.204. The first-order chi connectivity index (χ1) is 11.7. The Labute approximate surface area is 147 Å². The van der Waals surface area contributed by atoms with Crippen LogP contribution in [0.1, 0.15) is 11.4 Å². The van der Waals surface area contributed by atoms with Gasteiger partial charge in [0.1, 0.15) is 0 Å². The van der Waals surface area contributed by atoms with E-state index in [1.54, 1.807) is 10.8 Å².